The van der Waals surface area contributed by atoms with Crippen LogP contribution >= 0.6 is 23.2 Å². The lowest BCUT2D eigenvalue weighted by molar-refractivity contribution is -0.139. The maximum Gasteiger partial charge on any atom is 0.326 e. The van der Waals surface area contributed by atoms with Gasteiger partial charge < -0.3 is 24.5 Å². The van der Waals surface area contributed by atoms with Crippen molar-refractivity contribution in [3.05, 3.63) is 94.1 Å². The number of hydrogen-bond acceptors (Lipinski definition) is 4. The van der Waals surface area contributed by atoms with Gasteiger partial charge in [-0.25, -0.2) is 4.79 Å². The zero-order valence-corrected chi connectivity index (χ0v) is 22.5. The van der Waals surface area contributed by atoms with Crippen LogP contribution in [0.5, 0.6) is 11.5 Å². The molecule has 3 aromatic carbocycles. The highest BCUT2D eigenvalue weighted by Crippen LogP contribution is 2.38. The minimum atomic E-state index is -1.20. The Bertz CT molecular complexity index is 1440. The molecular formula is C29H26Cl2N2O5. The maximum absolute atomic E-state index is 13.1. The average Bonchev–Trinajstić information content (AvgIpc) is 3.33. The minimum Gasteiger partial charge on any atom is -0.496 e. The molecule has 4 aromatic rings. The largest absolute Gasteiger partial charge is 0.496 e. The molecule has 2 N–H and O–H groups in total. The van der Waals surface area contributed by atoms with Crippen LogP contribution in [0.25, 0.3) is 22.4 Å². The molecule has 0 unspecified atom stereocenters. The van der Waals surface area contributed by atoms with Crippen LogP contribution < -0.4 is 14.8 Å². The molecule has 7 nitrogen and oxygen atoms in total. The van der Waals surface area contributed by atoms with Crippen LogP contribution in [-0.2, 0) is 18.3 Å². The number of carboxylic acid groups (broad SMARTS) is 1. The van der Waals surface area contributed by atoms with Crippen LogP contribution in [-0.4, -0.2) is 41.8 Å². The van der Waals surface area contributed by atoms with Gasteiger partial charge in [-0.1, -0.05) is 53.5 Å². The molecule has 196 valence electrons. The van der Waals surface area contributed by atoms with Gasteiger partial charge in [-0.2, -0.15) is 0 Å². The number of amides is 1. The molecule has 0 saturated heterocycles. The van der Waals surface area contributed by atoms with Crippen LogP contribution in [0.4, 0.5) is 0 Å². The van der Waals surface area contributed by atoms with Crippen molar-refractivity contribution in [2.45, 2.75) is 12.5 Å². The summed E-state index contributed by atoms with van der Waals surface area (Å²) in [5, 5.41) is 12.6. The molecule has 0 radical (unpaired) electrons. The van der Waals surface area contributed by atoms with Crippen LogP contribution in [0, 0.1) is 0 Å². The molecule has 0 aliphatic carbocycles. The summed E-state index contributed by atoms with van der Waals surface area (Å²) in [6.45, 7) is 0. The van der Waals surface area contributed by atoms with Gasteiger partial charge in [-0.05, 0) is 47.5 Å². The number of hydrogen-bond donors (Lipinski definition) is 2. The molecular weight excluding hydrogens is 527 g/mol. The second-order valence-corrected chi connectivity index (χ2v) is 9.44. The first kappa shape index (κ1) is 27.1. The Kier molecular flexibility index (Phi) is 8.29. The van der Waals surface area contributed by atoms with Crippen molar-refractivity contribution in [3.8, 4) is 33.9 Å². The highest BCUT2D eigenvalue weighted by Gasteiger charge is 2.25. The van der Waals surface area contributed by atoms with E-state index in [9.17, 15) is 14.7 Å². The van der Waals surface area contributed by atoms with Crippen molar-refractivity contribution >= 4 is 35.1 Å². The number of benzene rings is 3. The molecule has 0 fully saturated rings. The minimum absolute atomic E-state index is 0.0242. The molecule has 0 aliphatic heterocycles. The Balaban J connectivity index is 1.54. The third kappa shape index (κ3) is 5.64. The molecule has 1 atom stereocenters. The van der Waals surface area contributed by atoms with Crippen molar-refractivity contribution in [3.63, 3.8) is 0 Å². The quantitative estimate of drug-likeness (QED) is 0.261. The molecule has 1 aromatic heterocycles. The topological polar surface area (TPSA) is 89.8 Å². The Morgan fingerprint density at radius 3 is 2.03 bits per heavy atom. The fourth-order valence-corrected chi connectivity index (χ4v) is 4.97. The lowest BCUT2D eigenvalue weighted by Crippen LogP contribution is -2.42. The first-order valence-electron chi connectivity index (χ1n) is 11.7. The number of aromatic nitrogens is 1. The third-order valence-electron chi connectivity index (χ3n) is 6.22. The van der Waals surface area contributed by atoms with E-state index in [-0.39, 0.29) is 22.0 Å². The van der Waals surface area contributed by atoms with Gasteiger partial charge in [0.15, 0.2) is 0 Å². The van der Waals surface area contributed by atoms with Gasteiger partial charge in [0.25, 0.3) is 5.91 Å². The number of nitrogens with one attached hydrogen (secondary N) is 1. The SMILES string of the molecule is COc1cccc(OC)c1-c1ccc(C[C@H](NC(=O)c2c(Cl)cc(-c3cccn3C)cc2Cl)C(=O)O)cc1. The smallest absolute Gasteiger partial charge is 0.326 e. The molecule has 0 bridgehead atoms. The highest BCUT2D eigenvalue weighted by molar-refractivity contribution is 6.40. The summed E-state index contributed by atoms with van der Waals surface area (Å²) in [5.74, 6) is -0.540. The van der Waals surface area contributed by atoms with E-state index < -0.39 is 17.9 Å². The fraction of sp³-hybridized carbons (Fsp3) is 0.172. The monoisotopic (exact) mass is 552 g/mol. The highest BCUT2D eigenvalue weighted by atomic mass is 35.5. The standard InChI is InChI=1S/C29H26Cl2N2O5/c1-33-13-5-6-23(33)19-15-20(30)27(21(31)16-19)28(34)32-22(29(35)36)14-17-9-11-18(12-10-17)26-24(37-2)7-4-8-25(26)38-3/h4-13,15-16,22H,14H2,1-3H3,(H,32,34)(H,35,36)/t22-/m0/s1. The first-order chi connectivity index (χ1) is 18.2. The number of carboxylic acids is 1. The second-order valence-electron chi connectivity index (χ2n) is 8.62. The third-order valence-corrected chi connectivity index (χ3v) is 6.82. The van der Waals surface area contributed by atoms with E-state index in [1.807, 2.05) is 60.3 Å². The lowest BCUT2D eigenvalue weighted by Gasteiger charge is -2.17. The molecule has 1 heterocycles. The molecule has 0 spiro atoms. The van der Waals surface area contributed by atoms with E-state index in [1.165, 1.54) is 0 Å². The Hall–Kier alpha value is -3.94. The van der Waals surface area contributed by atoms with Gasteiger partial charge in [-0.15, -0.1) is 0 Å². The van der Waals surface area contributed by atoms with E-state index in [1.54, 1.807) is 38.5 Å². The molecule has 0 saturated carbocycles. The molecule has 9 heteroatoms. The Morgan fingerprint density at radius 2 is 1.53 bits per heavy atom. The van der Waals surface area contributed by atoms with Gasteiger partial charge in [0.05, 0.1) is 35.4 Å². The van der Waals surface area contributed by atoms with Gasteiger partial charge in [0.2, 0.25) is 0 Å². The summed E-state index contributed by atoms with van der Waals surface area (Å²) in [5.41, 5.74) is 3.98. The normalized spacial score (nSPS) is 11.6. The lowest BCUT2D eigenvalue weighted by atomic mass is 9.99. The number of methoxy groups -OCH3 is 2. The molecule has 1 amide bonds. The summed E-state index contributed by atoms with van der Waals surface area (Å²) < 4.78 is 12.9. The average molecular weight is 553 g/mol. The predicted molar refractivity (Wildman–Crippen MR) is 148 cm³/mol. The molecule has 0 aliphatic rings. The first-order valence-corrected chi connectivity index (χ1v) is 12.4. The van der Waals surface area contributed by atoms with Crippen LogP contribution in [0.1, 0.15) is 15.9 Å². The van der Waals surface area contributed by atoms with Gasteiger partial charge in [-0.3, -0.25) is 4.79 Å². The summed E-state index contributed by atoms with van der Waals surface area (Å²) in [6.07, 6.45) is 1.94. The van der Waals surface area contributed by atoms with Crippen molar-refractivity contribution in [2.75, 3.05) is 14.2 Å². The molecule has 38 heavy (non-hydrogen) atoms. The number of carbonyl (C=O) groups excluding carboxylic acids is 1. The fourth-order valence-electron chi connectivity index (χ4n) is 4.31. The van der Waals surface area contributed by atoms with Crippen molar-refractivity contribution < 1.29 is 24.2 Å². The molecule has 4 rings (SSSR count). The summed E-state index contributed by atoms with van der Waals surface area (Å²) in [7, 11) is 5.05. The van der Waals surface area contributed by atoms with Gasteiger partial charge in [0, 0.05) is 30.9 Å². The zero-order chi connectivity index (χ0) is 27.4. The number of nitrogens with zero attached hydrogens (tertiary/aromatic N) is 1. The number of aliphatic carboxylic acids is 1. The van der Waals surface area contributed by atoms with Crippen molar-refractivity contribution in [1.29, 1.82) is 0 Å². The van der Waals surface area contributed by atoms with Gasteiger partial charge in [0.1, 0.15) is 17.5 Å². The number of carbonyl (C=O) groups is 2. The van der Waals surface area contributed by atoms with Crippen LogP contribution in [0.3, 0.4) is 0 Å². The van der Waals surface area contributed by atoms with E-state index >= 15 is 0 Å². The van der Waals surface area contributed by atoms with E-state index in [2.05, 4.69) is 5.32 Å². The van der Waals surface area contributed by atoms with E-state index in [0.717, 1.165) is 22.4 Å². The summed E-state index contributed by atoms with van der Waals surface area (Å²) >= 11 is 12.8. The van der Waals surface area contributed by atoms with Crippen molar-refractivity contribution in [2.24, 2.45) is 7.05 Å². The number of halogens is 2. The number of aryl methyl sites for hydroxylation is 1. The van der Waals surface area contributed by atoms with Crippen molar-refractivity contribution in [1.82, 2.24) is 9.88 Å². The van der Waals surface area contributed by atoms with Gasteiger partial charge >= 0.3 is 5.97 Å². The van der Waals surface area contributed by atoms with E-state index in [4.69, 9.17) is 32.7 Å². The Labute approximate surface area is 230 Å². The second kappa shape index (κ2) is 11.6. The number of rotatable bonds is 9. The van der Waals surface area contributed by atoms with Crippen LogP contribution in [0.2, 0.25) is 10.0 Å². The predicted octanol–water partition coefficient (Wildman–Crippen LogP) is 6.11. The summed E-state index contributed by atoms with van der Waals surface area (Å²) in [4.78, 5) is 25.1. The van der Waals surface area contributed by atoms with E-state index in [0.29, 0.717) is 17.1 Å². The summed E-state index contributed by atoms with van der Waals surface area (Å²) in [6, 6.07) is 18.7. The number of ether oxygens (including phenoxy) is 2. The van der Waals surface area contributed by atoms with Crippen LogP contribution in [0.15, 0.2) is 72.9 Å². The Morgan fingerprint density at radius 1 is 0.921 bits per heavy atom. The zero-order valence-electron chi connectivity index (χ0n) is 21.0. The maximum atomic E-state index is 13.1.